The van der Waals surface area contributed by atoms with E-state index in [2.05, 4.69) is 0 Å². The predicted octanol–water partition coefficient (Wildman–Crippen LogP) is 5.63. The van der Waals surface area contributed by atoms with Crippen molar-refractivity contribution in [1.29, 1.82) is 0 Å². The van der Waals surface area contributed by atoms with Gasteiger partial charge in [0.2, 0.25) is 0 Å². The van der Waals surface area contributed by atoms with Gasteiger partial charge in [0.1, 0.15) is 15.8 Å². The first-order valence-corrected chi connectivity index (χ1v) is 10.4. The monoisotopic (exact) mass is 439 g/mol. The fraction of sp³-hybridized carbons (Fsp3) is 0.263. The number of carbonyl (C=O) groups is 1. The van der Waals surface area contributed by atoms with Crippen molar-refractivity contribution in [2.45, 2.75) is 18.9 Å². The summed E-state index contributed by atoms with van der Waals surface area (Å²) in [4.78, 5) is 14.8. The van der Waals surface area contributed by atoms with E-state index in [9.17, 15) is 4.79 Å². The largest absolute Gasteiger partial charge is 0.457 e. The van der Waals surface area contributed by atoms with Gasteiger partial charge in [0.15, 0.2) is 0 Å². The molecular formula is C19H15Cl2NO3S2. The molecule has 2 aliphatic heterocycles. The molecule has 1 aromatic carbocycles. The molecule has 1 amide bonds. The van der Waals surface area contributed by atoms with E-state index in [0.717, 1.165) is 19.4 Å². The van der Waals surface area contributed by atoms with Gasteiger partial charge < -0.3 is 9.15 Å². The molecule has 0 aliphatic carbocycles. The van der Waals surface area contributed by atoms with Gasteiger partial charge in [-0.25, -0.2) is 0 Å². The standard InChI is InChI=1S/C19H15Cl2NO3S2/c20-11-3-5-15(21)14(8-11)16-6-4-12(25-16)9-17-18(23)22(19(26)27-17)10-13-2-1-7-24-13/h3-6,8-9,13H,1-2,7,10H2. The number of amides is 1. The maximum Gasteiger partial charge on any atom is 0.266 e. The lowest BCUT2D eigenvalue weighted by atomic mass is 10.2. The number of hydrogen-bond donors (Lipinski definition) is 0. The van der Waals surface area contributed by atoms with Crippen molar-refractivity contribution in [2.24, 2.45) is 0 Å². The van der Waals surface area contributed by atoms with E-state index in [1.165, 1.54) is 11.8 Å². The van der Waals surface area contributed by atoms with Crippen LogP contribution in [0.5, 0.6) is 0 Å². The molecule has 4 rings (SSSR count). The molecule has 2 aromatic rings. The zero-order chi connectivity index (χ0) is 19.0. The third-order valence-corrected chi connectivity index (χ3v) is 6.32. The Morgan fingerprint density at radius 1 is 1.30 bits per heavy atom. The fourth-order valence-electron chi connectivity index (χ4n) is 3.04. The SMILES string of the molecule is O=C1C(=Cc2ccc(-c3cc(Cl)ccc3Cl)o2)SC(=S)N1CC1CCCO1. The Bertz CT molecular complexity index is 935. The second kappa shape index (κ2) is 7.97. The Balaban J connectivity index is 1.54. The van der Waals surface area contributed by atoms with Crippen molar-refractivity contribution in [1.82, 2.24) is 4.90 Å². The van der Waals surface area contributed by atoms with Crippen LogP contribution in [0.3, 0.4) is 0 Å². The molecule has 27 heavy (non-hydrogen) atoms. The second-order valence-corrected chi connectivity index (χ2v) is 8.77. The van der Waals surface area contributed by atoms with Crippen LogP contribution in [0.25, 0.3) is 17.4 Å². The van der Waals surface area contributed by atoms with Gasteiger partial charge in [0.25, 0.3) is 5.91 Å². The van der Waals surface area contributed by atoms with Crippen LogP contribution < -0.4 is 0 Å². The second-order valence-electron chi connectivity index (χ2n) is 6.25. The molecule has 3 heterocycles. The van der Waals surface area contributed by atoms with E-state index >= 15 is 0 Å². The van der Waals surface area contributed by atoms with Gasteiger partial charge in [-0.1, -0.05) is 47.2 Å². The number of benzene rings is 1. The first kappa shape index (κ1) is 19.0. The van der Waals surface area contributed by atoms with Crippen LogP contribution in [0.2, 0.25) is 10.0 Å². The quantitative estimate of drug-likeness (QED) is 0.455. The van der Waals surface area contributed by atoms with Crippen molar-refractivity contribution < 1.29 is 13.9 Å². The Morgan fingerprint density at radius 2 is 2.15 bits per heavy atom. The Morgan fingerprint density at radius 3 is 2.93 bits per heavy atom. The number of thiocarbonyl (C=S) groups is 1. The van der Waals surface area contributed by atoms with Gasteiger partial charge >= 0.3 is 0 Å². The predicted molar refractivity (Wildman–Crippen MR) is 113 cm³/mol. The van der Waals surface area contributed by atoms with Crippen LogP contribution in [0.4, 0.5) is 0 Å². The molecule has 0 N–H and O–H groups in total. The molecule has 0 radical (unpaired) electrons. The van der Waals surface area contributed by atoms with E-state index in [1.807, 2.05) is 0 Å². The number of thioether (sulfide) groups is 1. The van der Waals surface area contributed by atoms with Crippen LogP contribution in [0.15, 0.2) is 39.7 Å². The summed E-state index contributed by atoms with van der Waals surface area (Å²) in [7, 11) is 0. The van der Waals surface area contributed by atoms with E-state index in [4.69, 9.17) is 44.6 Å². The van der Waals surface area contributed by atoms with Crippen LogP contribution in [-0.2, 0) is 9.53 Å². The minimum absolute atomic E-state index is 0.0621. The molecule has 2 saturated heterocycles. The lowest BCUT2D eigenvalue weighted by molar-refractivity contribution is -0.123. The van der Waals surface area contributed by atoms with Crippen LogP contribution in [0.1, 0.15) is 18.6 Å². The van der Waals surface area contributed by atoms with Crippen molar-refractivity contribution >= 4 is 63.5 Å². The topological polar surface area (TPSA) is 42.7 Å². The summed E-state index contributed by atoms with van der Waals surface area (Å²) in [5, 5.41) is 1.12. The highest BCUT2D eigenvalue weighted by molar-refractivity contribution is 8.26. The summed E-state index contributed by atoms with van der Waals surface area (Å²) in [6.45, 7) is 1.25. The maximum atomic E-state index is 12.7. The van der Waals surface area contributed by atoms with E-state index < -0.39 is 0 Å². The molecule has 0 spiro atoms. The zero-order valence-electron chi connectivity index (χ0n) is 14.1. The molecule has 1 aromatic heterocycles. The average molecular weight is 440 g/mol. The normalized spacial score (nSPS) is 21.6. The van der Waals surface area contributed by atoms with Crippen LogP contribution in [-0.4, -0.2) is 34.4 Å². The van der Waals surface area contributed by atoms with Gasteiger partial charge in [-0.05, 0) is 43.2 Å². The zero-order valence-corrected chi connectivity index (χ0v) is 17.3. The summed E-state index contributed by atoms with van der Waals surface area (Å²) in [5.41, 5.74) is 0.703. The van der Waals surface area contributed by atoms with Gasteiger partial charge in [-0.3, -0.25) is 9.69 Å². The summed E-state index contributed by atoms with van der Waals surface area (Å²) in [5.74, 6) is 1.03. The van der Waals surface area contributed by atoms with Crippen LogP contribution >= 0.6 is 47.2 Å². The smallest absolute Gasteiger partial charge is 0.266 e. The Kier molecular flexibility index (Phi) is 5.62. The lowest BCUT2D eigenvalue weighted by Crippen LogP contribution is -2.35. The third-order valence-electron chi connectivity index (χ3n) is 4.38. The molecule has 8 heteroatoms. The Labute approximate surface area is 176 Å². The van der Waals surface area contributed by atoms with Gasteiger partial charge in [-0.2, -0.15) is 0 Å². The average Bonchev–Trinajstić information content (AvgIpc) is 3.36. The molecule has 140 valence electrons. The number of hydrogen-bond acceptors (Lipinski definition) is 5. The van der Waals surface area contributed by atoms with Crippen molar-refractivity contribution in [3.05, 3.63) is 51.0 Å². The fourth-order valence-corrected chi connectivity index (χ4v) is 4.68. The van der Waals surface area contributed by atoms with Crippen molar-refractivity contribution in [3.63, 3.8) is 0 Å². The molecule has 1 atom stereocenters. The molecule has 2 aliphatic rings. The summed E-state index contributed by atoms with van der Waals surface area (Å²) < 4.78 is 12.0. The molecule has 2 fully saturated rings. The minimum atomic E-state index is -0.112. The van der Waals surface area contributed by atoms with E-state index in [-0.39, 0.29) is 12.0 Å². The van der Waals surface area contributed by atoms with E-state index in [0.29, 0.717) is 42.9 Å². The lowest BCUT2D eigenvalue weighted by Gasteiger charge is -2.18. The summed E-state index contributed by atoms with van der Waals surface area (Å²) in [6.07, 6.45) is 3.75. The molecular weight excluding hydrogens is 425 g/mol. The number of nitrogens with zero attached hydrogens (tertiary/aromatic N) is 1. The van der Waals surface area contributed by atoms with Gasteiger partial charge in [0, 0.05) is 23.3 Å². The summed E-state index contributed by atoms with van der Waals surface area (Å²) in [6, 6.07) is 8.78. The molecule has 0 bridgehead atoms. The number of halogens is 2. The summed E-state index contributed by atoms with van der Waals surface area (Å²) >= 11 is 18.9. The van der Waals surface area contributed by atoms with Crippen molar-refractivity contribution in [2.75, 3.05) is 13.2 Å². The molecule has 1 unspecified atom stereocenters. The van der Waals surface area contributed by atoms with E-state index in [1.54, 1.807) is 41.3 Å². The molecule has 0 saturated carbocycles. The first-order valence-electron chi connectivity index (χ1n) is 8.43. The Hall–Kier alpha value is -1.31. The van der Waals surface area contributed by atoms with Gasteiger partial charge in [-0.15, -0.1) is 0 Å². The number of rotatable bonds is 4. The molecule has 4 nitrogen and oxygen atoms in total. The number of ether oxygens (including phenoxy) is 1. The number of furan rings is 1. The maximum absolute atomic E-state index is 12.7. The number of carbonyl (C=O) groups excluding carboxylic acids is 1. The van der Waals surface area contributed by atoms with Gasteiger partial charge in [0.05, 0.1) is 22.6 Å². The highest BCUT2D eigenvalue weighted by Crippen LogP contribution is 2.36. The van der Waals surface area contributed by atoms with Crippen LogP contribution in [0, 0.1) is 0 Å². The minimum Gasteiger partial charge on any atom is -0.457 e. The van der Waals surface area contributed by atoms with Crippen molar-refractivity contribution in [3.8, 4) is 11.3 Å². The highest BCUT2D eigenvalue weighted by Gasteiger charge is 2.34. The third kappa shape index (κ3) is 4.10. The first-order chi connectivity index (χ1) is 13.0. The highest BCUT2D eigenvalue weighted by atomic mass is 35.5.